The van der Waals surface area contributed by atoms with Crippen LogP contribution < -0.4 is 4.90 Å². The van der Waals surface area contributed by atoms with Gasteiger partial charge >= 0.3 is 6.01 Å². The summed E-state index contributed by atoms with van der Waals surface area (Å²) in [6.45, 7) is 4.21. The smallest absolute Gasteiger partial charge is 0.318 e. The highest BCUT2D eigenvalue weighted by atomic mass is 19.1. The van der Waals surface area contributed by atoms with Gasteiger partial charge in [-0.05, 0) is 62.0 Å². The molecular weight excluding hydrogens is 351 g/mol. The second-order valence-corrected chi connectivity index (χ2v) is 7.94. The van der Waals surface area contributed by atoms with Crippen molar-refractivity contribution < 1.29 is 18.7 Å². The third-order valence-electron chi connectivity index (χ3n) is 6.24. The summed E-state index contributed by atoms with van der Waals surface area (Å²) in [5, 5.41) is 17.7. The molecule has 27 heavy (non-hydrogen) atoms. The monoisotopic (exact) mass is 374 g/mol. The number of aromatic hydroxyl groups is 1. The Bertz CT molecular complexity index is 801. The van der Waals surface area contributed by atoms with Gasteiger partial charge in [-0.2, -0.15) is 0 Å². The molecule has 144 valence electrons. The number of rotatable bonds is 3. The zero-order valence-electron chi connectivity index (χ0n) is 15.1. The fourth-order valence-corrected chi connectivity index (χ4v) is 4.79. The van der Waals surface area contributed by atoms with Crippen molar-refractivity contribution in [2.75, 3.05) is 37.7 Å². The van der Waals surface area contributed by atoms with Crippen LogP contribution in [0.5, 0.6) is 5.75 Å². The van der Waals surface area contributed by atoms with E-state index in [1.807, 2.05) is 4.90 Å². The van der Waals surface area contributed by atoms with Crippen LogP contribution in [0.3, 0.4) is 0 Å². The Balaban J connectivity index is 1.16. The van der Waals surface area contributed by atoms with Crippen LogP contribution in [-0.2, 0) is 4.74 Å². The minimum Gasteiger partial charge on any atom is -0.508 e. The second kappa shape index (κ2) is 6.45. The summed E-state index contributed by atoms with van der Waals surface area (Å²) in [6, 6.07) is 5.21. The van der Waals surface area contributed by atoms with E-state index >= 15 is 0 Å². The molecule has 4 heterocycles. The number of anilines is 1. The van der Waals surface area contributed by atoms with Crippen molar-refractivity contribution in [3.8, 4) is 5.75 Å². The van der Waals surface area contributed by atoms with Gasteiger partial charge in [-0.15, -0.1) is 5.10 Å². The molecule has 0 radical (unpaired) electrons. The van der Waals surface area contributed by atoms with Gasteiger partial charge in [-0.3, -0.25) is 4.90 Å². The van der Waals surface area contributed by atoms with Gasteiger partial charge in [0.2, 0.25) is 6.39 Å². The summed E-state index contributed by atoms with van der Waals surface area (Å²) >= 11 is 0. The number of aromatic nitrogens is 2. The number of piperidine rings is 1. The first-order chi connectivity index (χ1) is 13.1. The number of halogens is 1. The normalized spacial score (nSPS) is 25.8. The fourth-order valence-electron chi connectivity index (χ4n) is 4.79. The molecule has 0 amide bonds. The molecule has 0 bridgehead atoms. The van der Waals surface area contributed by atoms with E-state index in [0.29, 0.717) is 12.1 Å². The molecule has 2 aromatic rings. The molecule has 1 aromatic heterocycles. The highest BCUT2D eigenvalue weighted by molar-refractivity contribution is 5.36. The van der Waals surface area contributed by atoms with Crippen LogP contribution in [0, 0.1) is 5.82 Å². The van der Waals surface area contributed by atoms with Crippen LogP contribution in [0.4, 0.5) is 10.4 Å². The van der Waals surface area contributed by atoms with Gasteiger partial charge < -0.3 is 19.2 Å². The van der Waals surface area contributed by atoms with E-state index in [4.69, 9.17) is 9.15 Å². The summed E-state index contributed by atoms with van der Waals surface area (Å²) in [4.78, 5) is 4.53. The van der Waals surface area contributed by atoms with Crippen molar-refractivity contribution in [2.24, 2.45) is 0 Å². The summed E-state index contributed by atoms with van der Waals surface area (Å²) in [5.41, 5.74) is 0.638. The molecule has 1 aromatic carbocycles. The van der Waals surface area contributed by atoms with Crippen LogP contribution in [0.15, 0.2) is 29.0 Å². The van der Waals surface area contributed by atoms with E-state index in [9.17, 15) is 9.50 Å². The minimum absolute atomic E-state index is 0.100. The van der Waals surface area contributed by atoms with Gasteiger partial charge in [0, 0.05) is 6.04 Å². The van der Waals surface area contributed by atoms with Gasteiger partial charge in [-0.25, -0.2) is 4.39 Å². The first-order valence-corrected chi connectivity index (χ1v) is 9.49. The first kappa shape index (κ1) is 16.9. The van der Waals surface area contributed by atoms with Gasteiger partial charge in [0.05, 0.1) is 19.7 Å². The van der Waals surface area contributed by atoms with E-state index in [2.05, 4.69) is 15.1 Å². The third-order valence-corrected chi connectivity index (χ3v) is 6.24. The molecule has 0 aliphatic carbocycles. The van der Waals surface area contributed by atoms with Crippen molar-refractivity contribution in [1.29, 1.82) is 0 Å². The number of likely N-dealkylation sites (tertiary alicyclic amines) is 1. The molecule has 1 N–H and O–H groups in total. The number of nitrogens with zero attached hydrogens (tertiary/aromatic N) is 4. The standard InChI is InChI=1S/C19H23FN4O3/c20-14-1-2-17(25)16(7-14)13-3-5-23(6-4-13)15-8-19(27-9-15)10-24(11-19)18-22-21-12-26-18/h1-2,7,12-13,15,25H,3-6,8-11H2/t15-/m0/s1. The largest absolute Gasteiger partial charge is 0.508 e. The van der Waals surface area contributed by atoms with Crippen molar-refractivity contribution >= 4 is 6.01 Å². The van der Waals surface area contributed by atoms with Crippen molar-refractivity contribution in [1.82, 2.24) is 15.1 Å². The lowest BCUT2D eigenvalue weighted by Gasteiger charge is -2.46. The number of hydrogen-bond acceptors (Lipinski definition) is 7. The molecule has 3 saturated heterocycles. The first-order valence-electron chi connectivity index (χ1n) is 9.49. The molecule has 3 fully saturated rings. The molecule has 5 rings (SSSR count). The molecule has 3 aliphatic rings. The van der Waals surface area contributed by atoms with Crippen molar-refractivity contribution in [2.45, 2.75) is 36.8 Å². The Morgan fingerprint density at radius 1 is 1.22 bits per heavy atom. The number of benzene rings is 1. The molecular formula is C19H23FN4O3. The lowest BCUT2D eigenvalue weighted by molar-refractivity contribution is -0.0216. The predicted molar refractivity (Wildman–Crippen MR) is 95.2 cm³/mol. The molecule has 8 heteroatoms. The third kappa shape index (κ3) is 3.06. The van der Waals surface area contributed by atoms with Crippen LogP contribution >= 0.6 is 0 Å². The highest BCUT2D eigenvalue weighted by Crippen LogP contribution is 2.41. The second-order valence-electron chi connectivity index (χ2n) is 7.94. The van der Waals surface area contributed by atoms with Crippen LogP contribution in [0.2, 0.25) is 0 Å². The molecule has 3 aliphatic heterocycles. The zero-order valence-corrected chi connectivity index (χ0v) is 15.1. The van der Waals surface area contributed by atoms with Gasteiger partial charge in [0.15, 0.2) is 0 Å². The quantitative estimate of drug-likeness (QED) is 0.882. The average molecular weight is 374 g/mol. The zero-order chi connectivity index (χ0) is 18.4. The van der Waals surface area contributed by atoms with Gasteiger partial charge in [0.1, 0.15) is 17.2 Å². The highest BCUT2D eigenvalue weighted by Gasteiger charge is 2.52. The van der Waals surface area contributed by atoms with Gasteiger partial charge in [0.25, 0.3) is 0 Å². The van der Waals surface area contributed by atoms with E-state index in [0.717, 1.165) is 57.6 Å². The lowest BCUT2D eigenvalue weighted by atomic mass is 9.86. The van der Waals surface area contributed by atoms with Gasteiger partial charge in [-0.1, -0.05) is 5.10 Å². The average Bonchev–Trinajstić information content (AvgIpc) is 3.32. The molecule has 7 nitrogen and oxygen atoms in total. The Morgan fingerprint density at radius 3 is 2.78 bits per heavy atom. The summed E-state index contributed by atoms with van der Waals surface area (Å²) in [5.74, 6) is 0.130. The maximum absolute atomic E-state index is 13.5. The Hall–Kier alpha value is -2.19. The molecule has 0 unspecified atom stereocenters. The van der Waals surface area contributed by atoms with Crippen LogP contribution in [-0.4, -0.2) is 64.6 Å². The Kier molecular flexibility index (Phi) is 4.05. The number of phenolic OH excluding ortho intramolecular Hbond substituents is 1. The predicted octanol–water partition coefficient (Wildman–Crippen LogP) is 2.14. The van der Waals surface area contributed by atoms with Crippen molar-refractivity contribution in [3.63, 3.8) is 0 Å². The molecule has 0 saturated carbocycles. The topological polar surface area (TPSA) is 74.9 Å². The molecule has 1 spiro atoms. The van der Waals surface area contributed by atoms with E-state index in [1.165, 1.54) is 24.6 Å². The summed E-state index contributed by atoms with van der Waals surface area (Å²) in [7, 11) is 0. The number of hydrogen-bond donors (Lipinski definition) is 1. The van der Waals surface area contributed by atoms with Crippen LogP contribution in [0.1, 0.15) is 30.7 Å². The fraction of sp³-hybridized carbons (Fsp3) is 0.579. The van der Waals surface area contributed by atoms with E-state index in [1.54, 1.807) is 0 Å². The number of phenols is 1. The SMILES string of the molecule is Oc1ccc(F)cc1C1CCN([C@@H]2COC3(C2)CN(c2nnco2)C3)CC1. The Morgan fingerprint density at radius 2 is 2.04 bits per heavy atom. The number of ether oxygens (including phenoxy) is 1. The maximum atomic E-state index is 13.5. The summed E-state index contributed by atoms with van der Waals surface area (Å²) in [6.07, 6.45) is 4.20. The summed E-state index contributed by atoms with van der Waals surface area (Å²) < 4.78 is 24.9. The molecule has 1 atom stereocenters. The van der Waals surface area contributed by atoms with E-state index in [-0.39, 0.29) is 23.1 Å². The van der Waals surface area contributed by atoms with E-state index < -0.39 is 0 Å². The maximum Gasteiger partial charge on any atom is 0.318 e. The van der Waals surface area contributed by atoms with Crippen LogP contribution in [0.25, 0.3) is 0 Å². The van der Waals surface area contributed by atoms with Crippen molar-refractivity contribution in [3.05, 3.63) is 36.0 Å². The lowest BCUT2D eigenvalue weighted by Crippen LogP contribution is -2.62. The Labute approximate surface area is 156 Å². The minimum atomic E-state index is -0.285.